The fourth-order valence-electron chi connectivity index (χ4n) is 1.52. The summed E-state index contributed by atoms with van der Waals surface area (Å²) in [7, 11) is 0. The number of hydrogen-bond acceptors (Lipinski definition) is 5. The molecule has 114 valence electrons. The molecule has 0 aliphatic rings. The molecule has 1 heterocycles. The second-order valence-electron chi connectivity index (χ2n) is 6.56. The second kappa shape index (κ2) is 6.66. The average Bonchev–Trinajstić information content (AvgIpc) is 2.36. The van der Waals surface area contributed by atoms with Crippen molar-refractivity contribution in [1.29, 1.82) is 0 Å². The Morgan fingerprint density at radius 3 is 2.05 bits per heavy atom. The SMILES string of the molecule is CCNc1cc(NCC(C)(C)SC)nc(C(C)(C)C)n1. The van der Waals surface area contributed by atoms with Crippen molar-refractivity contribution in [2.75, 3.05) is 30.0 Å². The maximum absolute atomic E-state index is 4.65. The maximum Gasteiger partial charge on any atom is 0.138 e. The molecule has 0 bridgehead atoms. The molecule has 2 N–H and O–H groups in total. The summed E-state index contributed by atoms with van der Waals surface area (Å²) in [5.41, 5.74) is -0.0586. The zero-order chi connectivity index (χ0) is 15.4. The highest BCUT2D eigenvalue weighted by atomic mass is 32.2. The van der Waals surface area contributed by atoms with Crippen LogP contribution in [0.25, 0.3) is 0 Å². The van der Waals surface area contributed by atoms with Crippen LogP contribution in [0.5, 0.6) is 0 Å². The molecule has 0 radical (unpaired) electrons. The molecular formula is C15H28N4S. The summed E-state index contributed by atoms with van der Waals surface area (Å²) in [6.07, 6.45) is 2.13. The van der Waals surface area contributed by atoms with Crippen LogP contribution in [-0.4, -0.2) is 34.1 Å². The highest BCUT2D eigenvalue weighted by Gasteiger charge is 2.20. The first-order valence-electron chi connectivity index (χ1n) is 7.10. The van der Waals surface area contributed by atoms with Crippen molar-refractivity contribution in [1.82, 2.24) is 9.97 Å². The van der Waals surface area contributed by atoms with Crippen LogP contribution in [0.1, 0.15) is 47.4 Å². The Balaban J connectivity index is 2.97. The first kappa shape index (κ1) is 17.1. The molecule has 0 fully saturated rings. The van der Waals surface area contributed by atoms with E-state index in [1.54, 1.807) is 0 Å². The number of hydrogen-bond donors (Lipinski definition) is 2. The number of anilines is 2. The molecule has 1 aromatic heterocycles. The highest BCUT2D eigenvalue weighted by molar-refractivity contribution is 7.99. The Bertz CT molecular complexity index is 438. The van der Waals surface area contributed by atoms with Gasteiger partial charge in [-0.2, -0.15) is 11.8 Å². The van der Waals surface area contributed by atoms with E-state index in [4.69, 9.17) is 0 Å². The second-order valence-corrected chi connectivity index (χ2v) is 8.07. The van der Waals surface area contributed by atoms with Crippen molar-refractivity contribution in [2.24, 2.45) is 0 Å². The quantitative estimate of drug-likeness (QED) is 0.837. The van der Waals surface area contributed by atoms with E-state index in [1.807, 2.05) is 17.8 Å². The number of rotatable bonds is 6. The lowest BCUT2D eigenvalue weighted by atomic mass is 9.96. The smallest absolute Gasteiger partial charge is 0.138 e. The standard InChI is InChI=1S/C15H28N4S/c1-8-16-11-9-12(17-10-15(5,6)20-7)19-13(18-11)14(2,3)4/h9H,8,10H2,1-7H3,(H2,16,17,18,19). The van der Waals surface area contributed by atoms with E-state index in [9.17, 15) is 0 Å². The largest absolute Gasteiger partial charge is 0.370 e. The van der Waals surface area contributed by atoms with Gasteiger partial charge in [0.15, 0.2) is 0 Å². The lowest BCUT2D eigenvalue weighted by molar-refractivity contribution is 0.546. The lowest BCUT2D eigenvalue weighted by Crippen LogP contribution is -2.27. The predicted molar refractivity (Wildman–Crippen MR) is 91.0 cm³/mol. The minimum absolute atomic E-state index is 0.0586. The third kappa shape index (κ3) is 5.19. The predicted octanol–water partition coefficient (Wildman–Crippen LogP) is 3.76. The Morgan fingerprint density at radius 2 is 1.60 bits per heavy atom. The van der Waals surface area contributed by atoms with Crippen molar-refractivity contribution >= 4 is 23.4 Å². The summed E-state index contributed by atoms with van der Waals surface area (Å²) < 4.78 is 0.186. The van der Waals surface area contributed by atoms with E-state index in [0.717, 1.165) is 30.5 Å². The van der Waals surface area contributed by atoms with Crippen LogP contribution in [0.4, 0.5) is 11.6 Å². The van der Waals surface area contributed by atoms with Crippen LogP contribution in [-0.2, 0) is 5.41 Å². The van der Waals surface area contributed by atoms with Crippen LogP contribution in [0.3, 0.4) is 0 Å². The Kier molecular flexibility index (Phi) is 5.68. The zero-order valence-electron chi connectivity index (χ0n) is 13.8. The molecule has 5 heteroatoms. The van der Waals surface area contributed by atoms with Crippen molar-refractivity contribution < 1.29 is 0 Å². The molecule has 0 aromatic carbocycles. The van der Waals surface area contributed by atoms with Crippen molar-refractivity contribution in [2.45, 2.75) is 51.7 Å². The van der Waals surface area contributed by atoms with E-state index in [-0.39, 0.29) is 10.2 Å². The molecule has 0 amide bonds. The maximum atomic E-state index is 4.65. The molecule has 0 aliphatic heterocycles. The van der Waals surface area contributed by atoms with E-state index in [2.05, 4.69) is 68.4 Å². The third-order valence-electron chi connectivity index (χ3n) is 3.00. The van der Waals surface area contributed by atoms with Gasteiger partial charge in [-0.1, -0.05) is 20.8 Å². The van der Waals surface area contributed by atoms with Gasteiger partial charge in [-0.25, -0.2) is 9.97 Å². The number of aromatic nitrogens is 2. The van der Waals surface area contributed by atoms with Gasteiger partial charge >= 0.3 is 0 Å². The summed E-state index contributed by atoms with van der Waals surface area (Å²) in [5, 5.41) is 6.71. The fraction of sp³-hybridized carbons (Fsp3) is 0.733. The van der Waals surface area contributed by atoms with Gasteiger partial charge < -0.3 is 10.6 Å². The first-order valence-corrected chi connectivity index (χ1v) is 8.33. The Hall–Kier alpha value is -0.970. The number of thioether (sulfide) groups is 1. The van der Waals surface area contributed by atoms with Gasteiger partial charge in [-0.05, 0) is 27.0 Å². The molecule has 0 unspecified atom stereocenters. The molecule has 0 spiro atoms. The Labute approximate surface area is 127 Å². The van der Waals surface area contributed by atoms with Crippen LogP contribution in [0.2, 0.25) is 0 Å². The molecule has 0 saturated heterocycles. The van der Waals surface area contributed by atoms with Gasteiger partial charge in [0.1, 0.15) is 17.5 Å². The molecule has 0 saturated carbocycles. The van der Waals surface area contributed by atoms with Crippen LogP contribution in [0, 0.1) is 0 Å². The normalized spacial score (nSPS) is 12.3. The van der Waals surface area contributed by atoms with E-state index >= 15 is 0 Å². The number of nitrogens with zero attached hydrogens (tertiary/aromatic N) is 2. The monoisotopic (exact) mass is 296 g/mol. The molecule has 4 nitrogen and oxygen atoms in total. The molecule has 20 heavy (non-hydrogen) atoms. The van der Waals surface area contributed by atoms with Crippen LogP contribution >= 0.6 is 11.8 Å². The highest BCUT2D eigenvalue weighted by Crippen LogP contribution is 2.24. The van der Waals surface area contributed by atoms with Crippen molar-refractivity contribution in [3.63, 3.8) is 0 Å². The lowest BCUT2D eigenvalue weighted by Gasteiger charge is -2.24. The van der Waals surface area contributed by atoms with E-state index < -0.39 is 0 Å². The van der Waals surface area contributed by atoms with Gasteiger partial charge in [0.2, 0.25) is 0 Å². The molecule has 1 rings (SSSR count). The summed E-state index contributed by atoms with van der Waals surface area (Å²) in [6, 6.07) is 1.98. The minimum Gasteiger partial charge on any atom is -0.370 e. The third-order valence-corrected chi connectivity index (χ3v) is 4.25. The van der Waals surface area contributed by atoms with Crippen LogP contribution in [0.15, 0.2) is 6.07 Å². The van der Waals surface area contributed by atoms with Gasteiger partial charge in [-0.3, -0.25) is 0 Å². The fourth-order valence-corrected chi connectivity index (χ4v) is 1.74. The van der Waals surface area contributed by atoms with Gasteiger partial charge in [0.05, 0.1) is 0 Å². The number of nitrogens with one attached hydrogen (secondary N) is 2. The molecule has 0 aliphatic carbocycles. The average molecular weight is 296 g/mol. The van der Waals surface area contributed by atoms with E-state index in [1.165, 1.54) is 0 Å². The Morgan fingerprint density at radius 1 is 1.05 bits per heavy atom. The summed E-state index contributed by atoms with van der Waals surface area (Å²) in [4.78, 5) is 9.24. The molecule has 1 aromatic rings. The van der Waals surface area contributed by atoms with Gasteiger partial charge in [-0.15, -0.1) is 0 Å². The summed E-state index contributed by atoms with van der Waals surface area (Å²) in [6.45, 7) is 14.7. The van der Waals surface area contributed by atoms with Gasteiger partial charge in [0, 0.05) is 29.3 Å². The van der Waals surface area contributed by atoms with E-state index in [0.29, 0.717) is 0 Å². The molecule has 0 atom stereocenters. The minimum atomic E-state index is -0.0586. The summed E-state index contributed by atoms with van der Waals surface area (Å²) in [5.74, 6) is 2.64. The van der Waals surface area contributed by atoms with Gasteiger partial charge in [0.25, 0.3) is 0 Å². The van der Waals surface area contributed by atoms with Crippen molar-refractivity contribution in [3.8, 4) is 0 Å². The zero-order valence-corrected chi connectivity index (χ0v) is 14.6. The van der Waals surface area contributed by atoms with Crippen molar-refractivity contribution in [3.05, 3.63) is 11.9 Å². The first-order chi connectivity index (χ1) is 9.18. The van der Waals surface area contributed by atoms with Crippen LogP contribution < -0.4 is 10.6 Å². The topological polar surface area (TPSA) is 49.8 Å². The summed E-state index contributed by atoms with van der Waals surface area (Å²) >= 11 is 1.85. The molecular weight excluding hydrogens is 268 g/mol.